The molecule has 1 aliphatic rings. The van der Waals surface area contributed by atoms with E-state index in [9.17, 15) is 9.59 Å². The number of methoxy groups -OCH3 is 1. The molecule has 2 aromatic heterocycles. The third-order valence-electron chi connectivity index (χ3n) is 3.66. The van der Waals surface area contributed by atoms with Gasteiger partial charge in [-0.1, -0.05) is 11.6 Å². The number of amides is 1. The SMILES string of the molecule is COC(=O)c1c(NC(=O)c2ccc(Cl)s2)sc2c1CCN(C)C2. The number of nitrogens with one attached hydrogen (secondary N) is 1. The summed E-state index contributed by atoms with van der Waals surface area (Å²) < 4.78 is 5.46. The van der Waals surface area contributed by atoms with Crippen LogP contribution in [0.1, 0.15) is 30.5 Å². The van der Waals surface area contributed by atoms with Crippen LogP contribution in [0.2, 0.25) is 4.34 Å². The van der Waals surface area contributed by atoms with E-state index in [1.807, 2.05) is 7.05 Å². The Morgan fingerprint density at radius 2 is 2.13 bits per heavy atom. The Bertz CT molecular complexity index is 769. The van der Waals surface area contributed by atoms with Crippen molar-refractivity contribution in [1.29, 1.82) is 0 Å². The van der Waals surface area contributed by atoms with Gasteiger partial charge < -0.3 is 15.0 Å². The third kappa shape index (κ3) is 3.28. The lowest BCUT2D eigenvalue weighted by Crippen LogP contribution is -2.26. The van der Waals surface area contributed by atoms with Crippen molar-refractivity contribution >= 4 is 51.2 Å². The molecule has 0 radical (unpaired) electrons. The van der Waals surface area contributed by atoms with Crippen LogP contribution in [0.3, 0.4) is 0 Å². The predicted molar refractivity (Wildman–Crippen MR) is 93.0 cm³/mol. The summed E-state index contributed by atoms with van der Waals surface area (Å²) in [4.78, 5) is 28.3. The molecular formula is C15H15ClN2O3S2. The average molecular weight is 371 g/mol. The fourth-order valence-corrected chi connectivity index (χ4v) is 4.79. The number of hydrogen-bond donors (Lipinski definition) is 1. The first-order valence-corrected chi connectivity index (χ1v) is 8.98. The molecule has 0 atom stereocenters. The van der Waals surface area contributed by atoms with E-state index in [0.29, 0.717) is 19.8 Å². The molecule has 1 N–H and O–H groups in total. The summed E-state index contributed by atoms with van der Waals surface area (Å²) in [6, 6.07) is 3.35. The Morgan fingerprint density at radius 1 is 1.35 bits per heavy atom. The zero-order valence-electron chi connectivity index (χ0n) is 12.6. The van der Waals surface area contributed by atoms with Gasteiger partial charge >= 0.3 is 5.97 Å². The Labute approximate surface area is 146 Å². The Balaban J connectivity index is 1.95. The first-order valence-electron chi connectivity index (χ1n) is 6.97. The number of nitrogens with zero attached hydrogens (tertiary/aromatic N) is 1. The largest absolute Gasteiger partial charge is 0.465 e. The number of hydrogen-bond acceptors (Lipinski definition) is 6. The molecule has 0 spiro atoms. The summed E-state index contributed by atoms with van der Waals surface area (Å²) >= 11 is 8.51. The van der Waals surface area contributed by atoms with Gasteiger partial charge in [0.1, 0.15) is 5.00 Å². The number of halogens is 1. The Morgan fingerprint density at radius 3 is 2.78 bits per heavy atom. The monoisotopic (exact) mass is 370 g/mol. The quantitative estimate of drug-likeness (QED) is 0.840. The lowest BCUT2D eigenvalue weighted by atomic mass is 10.0. The van der Waals surface area contributed by atoms with Crippen LogP contribution < -0.4 is 5.32 Å². The molecule has 1 aliphatic heterocycles. The highest BCUT2D eigenvalue weighted by molar-refractivity contribution is 7.18. The summed E-state index contributed by atoms with van der Waals surface area (Å²) in [5.41, 5.74) is 1.47. The van der Waals surface area contributed by atoms with Gasteiger partial charge in [-0.15, -0.1) is 22.7 Å². The topological polar surface area (TPSA) is 58.6 Å². The highest BCUT2D eigenvalue weighted by atomic mass is 35.5. The van der Waals surface area contributed by atoms with Gasteiger partial charge in [-0.05, 0) is 31.2 Å². The van der Waals surface area contributed by atoms with Gasteiger partial charge in [0.25, 0.3) is 5.91 Å². The van der Waals surface area contributed by atoms with Crippen LogP contribution in [0.25, 0.3) is 0 Å². The van der Waals surface area contributed by atoms with Gasteiger partial charge in [0.15, 0.2) is 0 Å². The van der Waals surface area contributed by atoms with Crippen LogP contribution in [0.4, 0.5) is 5.00 Å². The standard InChI is InChI=1S/C15H15ClN2O3S2/c1-18-6-5-8-10(7-18)23-14(12(8)15(20)21-2)17-13(19)9-3-4-11(16)22-9/h3-4H,5-7H2,1-2H3,(H,17,19). The molecule has 3 rings (SSSR count). The van der Waals surface area contributed by atoms with E-state index in [2.05, 4.69) is 10.2 Å². The number of ether oxygens (including phenoxy) is 1. The van der Waals surface area contributed by atoms with Crippen LogP contribution in [0.5, 0.6) is 0 Å². The average Bonchev–Trinajstić information content (AvgIpc) is 3.09. The zero-order valence-corrected chi connectivity index (χ0v) is 15.0. The molecule has 1 amide bonds. The normalized spacial score (nSPS) is 14.4. The van der Waals surface area contributed by atoms with Crippen LogP contribution in [-0.2, 0) is 17.7 Å². The van der Waals surface area contributed by atoms with Crippen molar-refractivity contribution in [2.75, 3.05) is 26.0 Å². The summed E-state index contributed by atoms with van der Waals surface area (Å²) in [6.45, 7) is 1.65. The number of anilines is 1. The van der Waals surface area contributed by atoms with Crippen molar-refractivity contribution in [3.8, 4) is 0 Å². The highest BCUT2D eigenvalue weighted by Gasteiger charge is 2.28. The van der Waals surface area contributed by atoms with Gasteiger partial charge in [-0.3, -0.25) is 4.79 Å². The molecule has 0 saturated carbocycles. The van der Waals surface area contributed by atoms with Gasteiger partial charge in [0.2, 0.25) is 0 Å². The molecule has 2 aromatic rings. The van der Waals surface area contributed by atoms with E-state index < -0.39 is 5.97 Å². The molecular weight excluding hydrogens is 356 g/mol. The predicted octanol–water partition coefficient (Wildman–Crippen LogP) is 3.49. The highest BCUT2D eigenvalue weighted by Crippen LogP contribution is 2.37. The molecule has 0 aliphatic carbocycles. The van der Waals surface area contributed by atoms with Gasteiger partial charge in [-0.25, -0.2) is 4.79 Å². The Kier molecular flexibility index (Phi) is 4.72. The van der Waals surface area contributed by atoms with Gasteiger partial charge in [0, 0.05) is 18.0 Å². The second-order valence-corrected chi connectivity index (χ2v) is 8.07. The van der Waals surface area contributed by atoms with Crippen molar-refractivity contribution in [2.24, 2.45) is 0 Å². The summed E-state index contributed by atoms with van der Waals surface area (Å²) in [6.07, 6.45) is 0.771. The van der Waals surface area contributed by atoms with E-state index in [1.54, 1.807) is 12.1 Å². The van der Waals surface area contributed by atoms with E-state index in [4.69, 9.17) is 16.3 Å². The van der Waals surface area contributed by atoms with Crippen LogP contribution in [0.15, 0.2) is 12.1 Å². The van der Waals surface area contributed by atoms with Crippen molar-refractivity contribution < 1.29 is 14.3 Å². The molecule has 0 bridgehead atoms. The lowest BCUT2D eigenvalue weighted by molar-refractivity contribution is 0.0600. The summed E-state index contributed by atoms with van der Waals surface area (Å²) in [5, 5.41) is 3.39. The minimum atomic E-state index is -0.411. The molecule has 122 valence electrons. The number of rotatable bonds is 3. The molecule has 0 saturated heterocycles. The van der Waals surface area contributed by atoms with Crippen molar-refractivity contribution in [3.05, 3.63) is 37.4 Å². The minimum absolute atomic E-state index is 0.265. The van der Waals surface area contributed by atoms with Crippen LogP contribution >= 0.6 is 34.3 Å². The van der Waals surface area contributed by atoms with Crippen LogP contribution in [-0.4, -0.2) is 37.5 Å². The first kappa shape index (κ1) is 16.4. The van der Waals surface area contributed by atoms with Crippen molar-refractivity contribution in [3.63, 3.8) is 0 Å². The van der Waals surface area contributed by atoms with Crippen molar-refractivity contribution in [2.45, 2.75) is 13.0 Å². The molecule has 23 heavy (non-hydrogen) atoms. The zero-order chi connectivity index (χ0) is 16.6. The number of carbonyl (C=O) groups is 2. The molecule has 8 heteroatoms. The number of likely N-dealkylation sites (N-methyl/N-ethyl adjacent to an activating group) is 1. The Hall–Kier alpha value is -1.41. The van der Waals surface area contributed by atoms with Gasteiger partial charge in [0.05, 0.1) is 21.9 Å². The third-order valence-corrected chi connectivity index (χ3v) is 6.02. The number of esters is 1. The van der Waals surface area contributed by atoms with E-state index in [1.165, 1.54) is 29.8 Å². The molecule has 0 fully saturated rings. The smallest absolute Gasteiger partial charge is 0.341 e. The summed E-state index contributed by atoms with van der Waals surface area (Å²) in [5.74, 6) is -0.675. The van der Waals surface area contributed by atoms with E-state index in [0.717, 1.165) is 30.0 Å². The number of carbonyl (C=O) groups excluding carboxylic acids is 2. The first-order chi connectivity index (χ1) is 11.0. The molecule has 5 nitrogen and oxygen atoms in total. The fraction of sp³-hybridized carbons (Fsp3) is 0.333. The molecule has 0 aromatic carbocycles. The second-order valence-electron chi connectivity index (χ2n) is 5.25. The maximum absolute atomic E-state index is 12.4. The van der Waals surface area contributed by atoms with Crippen LogP contribution in [0, 0.1) is 0 Å². The minimum Gasteiger partial charge on any atom is -0.465 e. The maximum atomic E-state index is 12.4. The molecule has 3 heterocycles. The van der Waals surface area contributed by atoms with E-state index >= 15 is 0 Å². The fourth-order valence-electron chi connectivity index (χ4n) is 2.54. The van der Waals surface area contributed by atoms with Gasteiger partial charge in [-0.2, -0.15) is 0 Å². The second kappa shape index (κ2) is 6.60. The summed E-state index contributed by atoms with van der Waals surface area (Å²) in [7, 11) is 3.39. The van der Waals surface area contributed by atoms with Crippen molar-refractivity contribution in [1.82, 2.24) is 4.90 Å². The number of thiophene rings is 2. The maximum Gasteiger partial charge on any atom is 0.341 e. The number of fused-ring (bicyclic) bond motifs is 1. The van der Waals surface area contributed by atoms with E-state index in [-0.39, 0.29) is 5.91 Å². The molecule has 0 unspecified atom stereocenters. The lowest BCUT2D eigenvalue weighted by Gasteiger charge is -2.22.